The summed E-state index contributed by atoms with van der Waals surface area (Å²) in [6.07, 6.45) is 0.684. The Morgan fingerprint density at radius 2 is 2.16 bits per heavy atom. The predicted molar refractivity (Wildman–Crippen MR) is 74.2 cm³/mol. The zero-order valence-electron chi connectivity index (χ0n) is 11.1. The third-order valence-corrected chi connectivity index (χ3v) is 5.48. The van der Waals surface area contributed by atoms with Crippen LogP contribution in [0.25, 0.3) is 0 Å². The average molecular weight is 306 g/mol. The van der Waals surface area contributed by atoms with E-state index in [0.29, 0.717) is 6.42 Å². The van der Waals surface area contributed by atoms with Gasteiger partial charge < -0.3 is 10.0 Å². The highest BCUT2D eigenvalue weighted by Crippen LogP contribution is 2.20. The number of aromatic carboxylic acids is 1. The standard InChI is InChI=1S/C11H18N2O4S2/c1-8(4-5-13(2)3)12-19(16,17)10-6-9(7-18-10)11(14)15/h6-8,12H,4-5H2,1-3H3,(H,14,15). The topological polar surface area (TPSA) is 86.7 Å². The van der Waals surface area contributed by atoms with Gasteiger partial charge in [-0.25, -0.2) is 17.9 Å². The maximum absolute atomic E-state index is 12.0. The number of sulfonamides is 1. The second kappa shape index (κ2) is 6.47. The number of carboxylic acid groups (broad SMARTS) is 1. The fourth-order valence-electron chi connectivity index (χ4n) is 1.40. The maximum atomic E-state index is 12.0. The monoisotopic (exact) mass is 306 g/mol. The number of hydrogen-bond acceptors (Lipinski definition) is 5. The largest absolute Gasteiger partial charge is 0.478 e. The molecule has 0 bridgehead atoms. The molecule has 0 aromatic carbocycles. The molecule has 2 N–H and O–H groups in total. The SMILES string of the molecule is CC(CCN(C)C)NS(=O)(=O)c1cc(C(=O)O)cs1. The van der Waals surface area contributed by atoms with Gasteiger partial charge >= 0.3 is 5.97 Å². The molecule has 1 atom stereocenters. The zero-order valence-corrected chi connectivity index (χ0v) is 12.7. The summed E-state index contributed by atoms with van der Waals surface area (Å²) in [5.41, 5.74) is -0.00804. The molecular formula is C11H18N2O4S2. The van der Waals surface area contributed by atoms with E-state index in [2.05, 4.69) is 4.72 Å². The van der Waals surface area contributed by atoms with Crippen molar-refractivity contribution >= 4 is 27.3 Å². The Balaban J connectivity index is 2.72. The van der Waals surface area contributed by atoms with E-state index in [1.54, 1.807) is 6.92 Å². The molecule has 0 aliphatic rings. The summed E-state index contributed by atoms with van der Waals surface area (Å²) in [5, 5.41) is 10.1. The van der Waals surface area contributed by atoms with Gasteiger partial charge in [0.15, 0.2) is 0 Å². The molecule has 108 valence electrons. The second-order valence-corrected chi connectivity index (χ2v) is 7.43. The Kier molecular flexibility index (Phi) is 5.48. The van der Waals surface area contributed by atoms with Crippen LogP contribution in [0, 0.1) is 0 Å². The Morgan fingerprint density at radius 1 is 1.53 bits per heavy atom. The second-order valence-electron chi connectivity index (χ2n) is 4.57. The number of thiophene rings is 1. The zero-order chi connectivity index (χ0) is 14.6. The highest BCUT2D eigenvalue weighted by molar-refractivity contribution is 7.91. The number of rotatable bonds is 7. The summed E-state index contributed by atoms with van der Waals surface area (Å²) in [6.45, 7) is 2.56. The highest BCUT2D eigenvalue weighted by Gasteiger charge is 2.20. The van der Waals surface area contributed by atoms with Crippen LogP contribution in [0.15, 0.2) is 15.7 Å². The van der Waals surface area contributed by atoms with Crippen LogP contribution in [0.4, 0.5) is 0 Å². The molecule has 0 radical (unpaired) electrons. The van der Waals surface area contributed by atoms with Gasteiger partial charge in [-0.1, -0.05) is 0 Å². The van der Waals surface area contributed by atoms with E-state index in [0.717, 1.165) is 17.9 Å². The van der Waals surface area contributed by atoms with Crippen molar-refractivity contribution in [1.82, 2.24) is 9.62 Å². The smallest absolute Gasteiger partial charge is 0.336 e. The fourth-order valence-corrected chi connectivity index (χ4v) is 3.85. The quantitative estimate of drug-likeness (QED) is 0.787. The molecule has 1 aromatic heterocycles. The van der Waals surface area contributed by atoms with Crippen LogP contribution in [0.5, 0.6) is 0 Å². The van der Waals surface area contributed by atoms with Crippen molar-refractivity contribution in [2.75, 3.05) is 20.6 Å². The molecular weight excluding hydrogens is 288 g/mol. The molecule has 1 heterocycles. The summed E-state index contributed by atoms with van der Waals surface area (Å²) < 4.78 is 26.6. The van der Waals surface area contributed by atoms with Crippen molar-refractivity contribution in [2.24, 2.45) is 0 Å². The lowest BCUT2D eigenvalue weighted by Gasteiger charge is -2.16. The van der Waals surface area contributed by atoms with Crippen molar-refractivity contribution in [3.8, 4) is 0 Å². The van der Waals surface area contributed by atoms with Crippen LogP contribution in [0.2, 0.25) is 0 Å². The third kappa shape index (κ3) is 4.90. The van der Waals surface area contributed by atoms with E-state index in [-0.39, 0.29) is 15.8 Å². The summed E-state index contributed by atoms with van der Waals surface area (Å²) in [4.78, 5) is 12.7. The molecule has 0 saturated heterocycles. The van der Waals surface area contributed by atoms with Crippen molar-refractivity contribution in [3.63, 3.8) is 0 Å². The molecule has 0 aliphatic carbocycles. The minimum absolute atomic E-state index is 0.00804. The highest BCUT2D eigenvalue weighted by atomic mass is 32.2. The molecule has 1 aromatic rings. The van der Waals surface area contributed by atoms with E-state index in [9.17, 15) is 13.2 Å². The lowest BCUT2D eigenvalue weighted by atomic mass is 10.2. The predicted octanol–water partition coefficient (Wildman–Crippen LogP) is 1.06. The number of carboxylic acids is 1. The van der Waals surface area contributed by atoms with Gasteiger partial charge in [-0.15, -0.1) is 11.3 Å². The van der Waals surface area contributed by atoms with E-state index in [1.807, 2.05) is 19.0 Å². The van der Waals surface area contributed by atoms with Gasteiger partial charge in [-0.2, -0.15) is 0 Å². The minimum atomic E-state index is -3.63. The number of nitrogens with one attached hydrogen (secondary N) is 1. The summed E-state index contributed by atoms with van der Waals surface area (Å²) in [6, 6.07) is 0.969. The van der Waals surface area contributed by atoms with Gasteiger partial charge in [0.2, 0.25) is 10.0 Å². The first kappa shape index (κ1) is 16.1. The lowest BCUT2D eigenvalue weighted by Crippen LogP contribution is -2.34. The van der Waals surface area contributed by atoms with Gasteiger partial charge in [0.25, 0.3) is 0 Å². The van der Waals surface area contributed by atoms with E-state index in [1.165, 1.54) is 11.4 Å². The molecule has 0 spiro atoms. The van der Waals surface area contributed by atoms with Crippen molar-refractivity contribution in [3.05, 3.63) is 17.0 Å². The van der Waals surface area contributed by atoms with Gasteiger partial charge in [0.05, 0.1) is 5.56 Å². The third-order valence-electron chi connectivity index (χ3n) is 2.45. The normalized spacial score (nSPS) is 13.7. The number of carbonyl (C=O) groups is 1. The molecule has 1 rings (SSSR count). The van der Waals surface area contributed by atoms with Crippen LogP contribution < -0.4 is 4.72 Å². The summed E-state index contributed by atoms with van der Waals surface area (Å²) in [7, 11) is 0.199. The van der Waals surface area contributed by atoms with Crippen molar-refractivity contribution in [1.29, 1.82) is 0 Å². The van der Waals surface area contributed by atoms with Crippen LogP contribution in [-0.4, -0.2) is 51.1 Å². The Bertz CT molecular complexity index is 537. The molecule has 8 heteroatoms. The Morgan fingerprint density at radius 3 is 2.63 bits per heavy atom. The van der Waals surface area contributed by atoms with Crippen LogP contribution in [-0.2, 0) is 10.0 Å². The Hall–Kier alpha value is -0.960. The van der Waals surface area contributed by atoms with E-state index < -0.39 is 16.0 Å². The van der Waals surface area contributed by atoms with Crippen LogP contribution in [0.1, 0.15) is 23.7 Å². The lowest BCUT2D eigenvalue weighted by molar-refractivity contribution is 0.0697. The number of nitrogens with zero attached hydrogens (tertiary/aromatic N) is 1. The van der Waals surface area contributed by atoms with Crippen molar-refractivity contribution < 1.29 is 18.3 Å². The van der Waals surface area contributed by atoms with Crippen LogP contribution in [0.3, 0.4) is 0 Å². The molecule has 0 saturated carbocycles. The van der Waals surface area contributed by atoms with E-state index >= 15 is 0 Å². The maximum Gasteiger partial charge on any atom is 0.336 e. The molecule has 0 aliphatic heterocycles. The molecule has 6 nitrogen and oxygen atoms in total. The van der Waals surface area contributed by atoms with Crippen molar-refractivity contribution in [2.45, 2.75) is 23.6 Å². The number of hydrogen-bond donors (Lipinski definition) is 2. The minimum Gasteiger partial charge on any atom is -0.478 e. The molecule has 1 unspecified atom stereocenters. The summed E-state index contributed by atoms with van der Waals surface area (Å²) in [5.74, 6) is -1.13. The fraction of sp³-hybridized carbons (Fsp3) is 0.545. The van der Waals surface area contributed by atoms with Gasteiger partial charge in [-0.3, -0.25) is 0 Å². The van der Waals surface area contributed by atoms with Crippen LogP contribution >= 0.6 is 11.3 Å². The van der Waals surface area contributed by atoms with Gasteiger partial charge in [0.1, 0.15) is 4.21 Å². The first-order valence-corrected chi connectivity index (χ1v) is 8.07. The average Bonchev–Trinajstić information content (AvgIpc) is 2.75. The Labute approximate surface area is 117 Å². The summed E-state index contributed by atoms with van der Waals surface area (Å²) >= 11 is 0.909. The molecule has 0 amide bonds. The molecule has 19 heavy (non-hydrogen) atoms. The first-order chi connectivity index (χ1) is 8.72. The van der Waals surface area contributed by atoms with Gasteiger partial charge in [0, 0.05) is 11.4 Å². The van der Waals surface area contributed by atoms with Gasteiger partial charge in [-0.05, 0) is 40.1 Å². The molecule has 0 fully saturated rings. The van der Waals surface area contributed by atoms with E-state index in [4.69, 9.17) is 5.11 Å². The first-order valence-electron chi connectivity index (χ1n) is 5.71.